The normalized spacial score (nSPS) is 30.2. The summed E-state index contributed by atoms with van der Waals surface area (Å²) in [4.78, 5) is 39.6. The number of urea groups is 1. The molecule has 0 aromatic heterocycles. The largest absolute Gasteiger partial charge is 0.504 e. The second kappa shape index (κ2) is 8.37. The molecule has 36 heavy (non-hydrogen) atoms. The fourth-order valence-corrected chi connectivity index (χ4v) is 7.55. The predicted molar refractivity (Wildman–Crippen MR) is 135 cm³/mol. The molecule has 4 bridgehead atoms. The quantitative estimate of drug-likeness (QED) is 0.439. The van der Waals surface area contributed by atoms with Crippen LogP contribution >= 0.6 is 11.6 Å². The Morgan fingerprint density at radius 2 is 1.64 bits per heavy atom. The van der Waals surface area contributed by atoms with Gasteiger partial charge in [-0.05, 0) is 91.5 Å². The van der Waals surface area contributed by atoms with Gasteiger partial charge in [0.05, 0.1) is 12.8 Å². The van der Waals surface area contributed by atoms with Crippen molar-refractivity contribution in [1.82, 2.24) is 5.32 Å². The predicted octanol–water partition coefficient (Wildman–Crippen LogP) is 5.19. The molecule has 2 aromatic rings. The molecule has 1 aliphatic heterocycles. The van der Waals surface area contributed by atoms with Gasteiger partial charge in [0.15, 0.2) is 11.5 Å². The van der Waals surface area contributed by atoms with Crippen LogP contribution in [-0.2, 0) is 15.0 Å². The number of imide groups is 2. The third-order valence-corrected chi connectivity index (χ3v) is 8.68. The van der Waals surface area contributed by atoms with Crippen LogP contribution in [0.15, 0.2) is 42.0 Å². The van der Waals surface area contributed by atoms with Gasteiger partial charge in [0.25, 0.3) is 11.8 Å². The number of amides is 4. The Morgan fingerprint density at radius 1 is 1.03 bits per heavy atom. The lowest BCUT2D eigenvalue weighted by atomic mass is 9.48. The molecule has 5 aliphatic rings. The maximum Gasteiger partial charge on any atom is 0.335 e. The lowest BCUT2D eigenvalue weighted by Crippen LogP contribution is -2.54. The van der Waals surface area contributed by atoms with Crippen LogP contribution in [0.25, 0.3) is 6.08 Å². The number of carbonyl (C=O) groups is 3. The number of halogens is 1. The zero-order chi connectivity index (χ0) is 25.2. The van der Waals surface area contributed by atoms with Gasteiger partial charge in [-0.25, -0.2) is 9.69 Å². The Labute approximate surface area is 214 Å². The third-order valence-electron chi connectivity index (χ3n) is 8.47. The summed E-state index contributed by atoms with van der Waals surface area (Å²) >= 11 is 6.10. The first-order valence-corrected chi connectivity index (χ1v) is 12.7. The summed E-state index contributed by atoms with van der Waals surface area (Å²) in [5, 5.41) is 12.9. The van der Waals surface area contributed by atoms with Crippen LogP contribution in [0, 0.1) is 17.8 Å². The van der Waals surface area contributed by atoms with Crippen molar-refractivity contribution in [3.63, 3.8) is 0 Å². The number of methoxy groups -OCH3 is 1. The number of benzene rings is 2. The Kier molecular flexibility index (Phi) is 5.37. The zero-order valence-electron chi connectivity index (χ0n) is 19.9. The van der Waals surface area contributed by atoms with Crippen LogP contribution < -0.4 is 15.0 Å². The number of anilines is 1. The number of phenols is 1. The summed E-state index contributed by atoms with van der Waals surface area (Å²) in [6.45, 7) is 0. The van der Waals surface area contributed by atoms with Crippen LogP contribution in [-0.4, -0.2) is 30.1 Å². The van der Waals surface area contributed by atoms with E-state index in [0.717, 1.165) is 22.7 Å². The molecule has 1 heterocycles. The van der Waals surface area contributed by atoms with E-state index in [-0.39, 0.29) is 33.1 Å². The number of carbonyl (C=O) groups excluding carboxylic acids is 3. The van der Waals surface area contributed by atoms with Crippen molar-refractivity contribution in [2.75, 3.05) is 12.0 Å². The summed E-state index contributed by atoms with van der Waals surface area (Å²) in [5.41, 5.74) is 1.70. The molecule has 5 fully saturated rings. The summed E-state index contributed by atoms with van der Waals surface area (Å²) < 4.78 is 5.10. The number of nitrogens with zero attached hydrogens (tertiary/aromatic N) is 1. The van der Waals surface area contributed by atoms with Gasteiger partial charge in [0.1, 0.15) is 5.57 Å². The van der Waals surface area contributed by atoms with Gasteiger partial charge >= 0.3 is 6.03 Å². The molecule has 2 N–H and O–H groups in total. The van der Waals surface area contributed by atoms with Crippen LogP contribution in [0.4, 0.5) is 10.5 Å². The zero-order valence-corrected chi connectivity index (χ0v) is 20.7. The van der Waals surface area contributed by atoms with Crippen molar-refractivity contribution in [2.24, 2.45) is 17.8 Å². The van der Waals surface area contributed by atoms with Crippen molar-refractivity contribution in [1.29, 1.82) is 0 Å². The highest BCUT2D eigenvalue weighted by atomic mass is 35.5. The molecule has 1 saturated heterocycles. The van der Waals surface area contributed by atoms with Crippen LogP contribution in [0.1, 0.15) is 49.7 Å². The Morgan fingerprint density at radius 3 is 2.22 bits per heavy atom. The molecule has 4 amide bonds. The molecule has 0 unspecified atom stereocenters. The number of rotatable bonds is 4. The summed E-state index contributed by atoms with van der Waals surface area (Å²) in [5.74, 6) is 0.654. The SMILES string of the molecule is COc1cc(Cl)cc(/C=C2\C(=O)NC(=O)N(c3ccc(C45CC6CC(CC(C6)C4)C5)cc3)C2=O)c1O. The topological polar surface area (TPSA) is 95.9 Å². The van der Waals surface area contributed by atoms with Crippen LogP contribution in [0.5, 0.6) is 11.5 Å². The molecule has 0 radical (unpaired) electrons. The van der Waals surface area contributed by atoms with Gasteiger partial charge in [0.2, 0.25) is 0 Å². The molecule has 7 rings (SSSR count). The van der Waals surface area contributed by atoms with E-state index in [2.05, 4.69) is 5.32 Å². The first kappa shape index (κ1) is 23.1. The van der Waals surface area contributed by atoms with E-state index in [1.54, 1.807) is 12.1 Å². The minimum absolute atomic E-state index is 0.103. The van der Waals surface area contributed by atoms with E-state index < -0.39 is 17.8 Å². The number of ether oxygens (including phenoxy) is 1. The highest BCUT2D eigenvalue weighted by molar-refractivity contribution is 6.39. The maximum absolute atomic E-state index is 13.3. The molecular formula is C28H27ClN2O5. The minimum atomic E-state index is -0.843. The number of aromatic hydroxyl groups is 1. The lowest BCUT2D eigenvalue weighted by Gasteiger charge is -2.57. The number of hydrogen-bond donors (Lipinski definition) is 2. The van der Waals surface area contributed by atoms with Gasteiger partial charge in [-0.2, -0.15) is 0 Å². The molecule has 4 aliphatic carbocycles. The smallest absolute Gasteiger partial charge is 0.335 e. The van der Waals surface area contributed by atoms with Crippen LogP contribution in [0.3, 0.4) is 0 Å². The fourth-order valence-electron chi connectivity index (χ4n) is 7.34. The highest BCUT2D eigenvalue weighted by Crippen LogP contribution is 2.60. The van der Waals surface area contributed by atoms with Gasteiger partial charge < -0.3 is 9.84 Å². The number of nitrogens with one attached hydrogen (secondary N) is 1. The van der Waals surface area contributed by atoms with E-state index in [4.69, 9.17) is 16.3 Å². The van der Waals surface area contributed by atoms with Gasteiger partial charge in [-0.3, -0.25) is 14.9 Å². The fraction of sp³-hybridized carbons (Fsp3) is 0.393. The van der Waals surface area contributed by atoms with Crippen molar-refractivity contribution in [2.45, 2.75) is 43.9 Å². The number of barbiturate groups is 1. The second-order valence-corrected chi connectivity index (χ2v) is 11.2. The standard InChI is InChI=1S/C28H27ClN2O5/c1-36-23-11-20(29)9-18(24(23)32)10-22-25(33)30-27(35)31(26(22)34)21-4-2-19(3-5-21)28-12-15-6-16(13-28)8-17(7-15)14-28/h2-5,9-11,15-17,32H,6-8,12-14H2,1H3,(H,30,33,35)/b22-10+. The van der Waals surface area contributed by atoms with E-state index in [1.807, 2.05) is 12.1 Å². The average molecular weight is 507 g/mol. The molecule has 8 heteroatoms. The Hall–Kier alpha value is -3.32. The molecular weight excluding hydrogens is 480 g/mol. The Bertz CT molecular complexity index is 1280. The lowest BCUT2D eigenvalue weighted by molar-refractivity contribution is -0.122. The molecule has 186 valence electrons. The number of hydrogen-bond acceptors (Lipinski definition) is 5. The first-order chi connectivity index (χ1) is 17.3. The minimum Gasteiger partial charge on any atom is -0.504 e. The second-order valence-electron chi connectivity index (χ2n) is 10.7. The van der Waals surface area contributed by atoms with E-state index >= 15 is 0 Å². The van der Waals surface area contributed by atoms with E-state index in [1.165, 1.54) is 69.4 Å². The molecule has 0 spiro atoms. The van der Waals surface area contributed by atoms with Gasteiger partial charge in [-0.15, -0.1) is 0 Å². The maximum atomic E-state index is 13.3. The van der Waals surface area contributed by atoms with Gasteiger partial charge in [0, 0.05) is 16.7 Å². The van der Waals surface area contributed by atoms with E-state index in [9.17, 15) is 19.5 Å². The van der Waals surface area contributed by atoms with E-state index in [0.29, 0.717) is 5.69 Å². The number of phenolic OH excluding ortho intramolecular Hbond substituents is 1. The van der Waals surface area contributed by atoms with Gasteiger partial charge in [-0.1, -0.05) is 23.7 Å². The molecule has 7 nitrogen and oxygen atoms in total. The van der Waals surface area contributed by atoms with Crippen molar-refractivity contribution in [3.8, 4) is 11.5 Å². The average Bonchev–Trinajstić information content (AvgIpc) is 2.83. The molecule has 4 saturated carbocycles. The van der Waals surface area contributed by atoms with Crippen molar-refractivity contribution in [3.05, 3.63) is 58.1 Å². The highest BCUT2D eigenvalue weighted by Gasteiger charge is 2.51. The third kappa shape index (κ3) is 3.68. The van der Waals surface area contributed by atoms with Crippen molar-refractivity contribution >= 4 is 41.2 Å². The monoisotopic (exact) mass is 506 g/mol. The van der Waals surface area contributed by atoms with Crippen LogP contribution in [0.2, 0.25) is 5.02 Å². The summed E-state index contributed by atoms with van der Waals surface area (Å²) in [7, 11) is 1.37. The molecule has 0 atom stereocenters. The first-order valence-electron chi connectivity index (χ1n) is 12.3. The summed E-state index contributed by atoms with van der Waals surface area (Å²) in [6, 6.07) is 9.68. The molecule has 2 aromatic carbocycles. The Balaban J connectivity index is 1.31. The van der Waals surface area contributed by atoms with Crippen molar-refractivity contribution < 1.29 is 24.2 Å². The summed E-state index contributed by atoms with van der Waals surface area (Å²) in [6.07, 6.45) is 8.94.